The van der Waals surface area contributed by atoms with Gasteiger partial charge in [0.1, 0.15) is 5.75 Å². The summed E-state index contributed by atoms with van der Waals surface area (Å²) >= 11 is 0. The van der Waals surface area contributed by atoms with Gasteiger partial charge in [-0.15, -0.1) is 0 Å². The Kier molecular flexibility index (Phi) is 4.80. The zero-order valence-corrected chi connectivity index (χ0v) is 11.4. The Morgan fingerprint density at radius 3 is 2.89 bits per heavy atom. The molecule has 4 heteroatoms. The summed E-state index contributed by atoms with van der Waals surface area (Å²) in [4.78, 5) is 11.8. The summed E-state index contributed by atoms with van der Waals surface area (Å²) in [6, 6.07) is 7.62. The molecule has 0 bridgehead atoms. The summed E-state index contributed by atoms with van der Waals surface area (Å²) in [7, 11) is 0. The number of hydrogen-bond acceptors (Lipinski definition) is 3. The van der Waals surface area contributed by atoms with Crippen LogP contribution in [0.3, 0.4) is 0 Å². The summed E-state index contributed by atoms with van der Waals surface area (Å²) in [5, 5.41) is 2.89. The number of nitrogens with two attached hydrogens (primary N) is 1. The number of nitrogens with one attached hydrogen (secondary N) is 1. The van der Waals surface area contributed by atoms with Crippen molar-refractivity contribution in [3.05, 3.63) is 24.3 Å². The minimum atomic E-state index is -0.0141. The lowest BCUT2D eigenvalue weighted by atomic mass is 10.2. The first-order valence-corrected chi connectivity index (χ1v) is 6.92. The number of anilines is 1. The predicted molar refractivity (Wildman–Crippen MR) is 76.2 cm³/mol. The second-order valence-electron chi connectivity index (χ2n) is 5.31. The first-order valence-electron chi connectivity index (χ1n) is 6.92. The van der Waals surface area contributed by atoms with Gasteiger partial charge in [-0.25, -0.2) is 0 Å². The van der Waals surface area contributed by atoms with Crippen LogP contribution in [0.15, 0.2) is 24.3 Å². The number of amides is 1. The number of benzene rings is 1. The zero-order chi connectivity index (χ0) is 13.7. The molecule has 19 heavy (non-hydrogen) atoms. The van der Waals surface area contributed by atoms with Crippen LogP contribution in [0.5, 0.6) is 5.75 Å². The number of carbonyl (C=O) groups excluding carboxylic acids is 1. The molecule has 1 aliphatic carbocycles. The summed E-state index contributed by atoms with van der Waals surface area (Å²) in [6.07, 6.45) is 3.64. The molecule has 1 aromatic rings. The Labute approximate surface area is 114 Å². The van der Waals surface area contributed by atoms with Gasteiger partial charge in [-0.3, -0.25) is 4.79 Å². The van der Waals surface area contributed by atoms with Gasteiger partial charge in [0.05, 0.1) is 12.3 Å². The molecule has 0 spiro atoms. The minimum Gasteiger partial charge on any atom is -0.491 e. The lowest BCUT2D eigenvalue weighted by molar-refractivity contribution is -0.116. The van der Waals surface area contributed by atoms with Crippen molar-refractivity contribution in [1.29, 1.82) is 0 Å². The highest BCUT2D eigenvalue weighted by Crippen LogP contribution is 2.31. The van der Waals surface area contributed by atoms with Crippen molar-refractivity contribution in [3.63, 3.8) is 0 Å². The van der Waals surface area contributed by atoms with Crippen molar-refractivity contribution >= 4 is 11.6 Å². The van der Waals surface area contributed by atoms with Crippen LogP contribution in [0, 0.1) is 5.92 Å². The molecule has 4 nitrogen and oxygen atoms in total. The van der Waals surface area contributed by atoms with Crippen LogP contribution < -0.4 is 15.8 Å². The van der Waals surface area contributed by atoms with Crippen molar-refractivity contribution < 1.29 is 9.53 Å². The van der Waals surface area contributed by atoms with Crippen LogP contribution in [0.4, 0.5) is 5.69 Å². The molecule has 1 aromatic carbocycles. The van der Waals surface area contributed by atoms with Crippen molar-refractivity contribution in [1.82, 2.24) is 0 Å². The fourth-order valence-electron chi connectivity index (χ4n) is 1.76. The van der Waals surface area contributed by atoms with E-state index >= 15 is 0 Å². The van der Waals surface area contributed by atoms with Gasteiger partial charge in [0.2, 0.25) is 5.91 Å². The molecule has 1 atom stereocenters. The Bertz CT molecular complexity index is 428. The van der Waals surface area contributed by atoms with E-state index in [1.54, 1.807) is 0 Å². The normalized spacial score (nSPS) is 15.9. The molecule has 3 N–H and O–H groups in total. The fourth-order valence-corrected chi connectivity index (χ4v) is 1.76. The molecule has 0 radical (unpaired) electrons. The van der Waals surface area contributed by atoms with Gasteiger partial charge in [0, 0.05) is 12.5 Å². The highest BCUT2D eigenvalue weighted by Gasteiger charge is 2.22. The number of para-hydroxylation sites is 2. The predicted octanol–water partition coefficient (Wildman–Crippen LogP) is 2.54. The highest BCUT2D eigenvalue weighted by atomic mass is 16.5. The monoisotopic (exact) mass is 262 g/mol. The minimum absolute atomic E-state index is 0.0141. The zero-order valence-electron chi connectivity index (χ0n) is 11.4. The fraction of sp³-hybridized carbons (Fsp3) is 0.533. The average molecular weight is 262 g/mol. The summed E-state index contributed by atoms with van der Waals surface area (Å²) in [6.45, 7) is 2.65. The third-order valence-electron chi connectivity index (χ3n) is 3.16. The third kappa shape index (κ3) is 4.91. The van der Waals surface area contributed by atoms with Crippen LogP contribution in [0.1, 0.15) is 32.6 Å². The second-order valence-corrected chi connectivity index (χ2v) is 5.31. The quantitative estimate of drug-likeness (QED) is 0.793. The molecule has 2 rings (SSSR count). The number of ether oxygens (including phenoxy) is 1. The Morgan fingerprint density at radius 2 is 2.21 bits per heavy atom. The van der Waals surface area contributed by atoms with Crippen LogP contribution in [0.25, 0.3) is 0 Å². The first kappa shape index (κ1) is 13.9. The number of carbonyl (C=O) groups is 1. The Morgan fingerprint density at radius 1 is 1.47 bits per heavy atom. The topological polar surface area (TPSA) is 64.4 Å². The SMILES string of the molecule is CC(N)CCC(=O)Nc1ccccc1OCC1CC1. The number of hydrogen-bond donors (Lipinski definition) is 2. The molecule has 1 fully saturated rings. The van der Waals surface area contributed by atoms with E-state index in [9.17, 15) is 4.79 Å². The molecular weight excluding hydrogens is 240 g/mol. The largest absolute Gasteiger partial charge is 0.491 e. The Balaban J connectivity index is 1.88. The van der Waals surface area contributed by atoms with Gasteiger partial charge >= 0.3 is 0 Å². The van der Waals surface area contributed by atoms with Gasteiger partial charge in [-0.1, -0.05) is 12.1 Å². The molecule has 1 saturated carbocycles. The average Bonchev–Trinajstić information content (AvgIpc) is 3.19. The lowest BCUT2D eigenvalue weighted by Gasteiger charge is -2.12. The van der Waals surface area contributed by atoms with Crippen molar-refractivity contribution in [2.45, 2.75) is 38.6 Å². The van der Waals surface area contributed by atoms with Gasteiger partial charge in [-0.05, 0) is 44.2 Å². The van der Waals surface area contributed by atoms with E-state index in [4.69, 9.17) is 10.5 Å². The molecule has 104 valence electrons. The van der Waals surface area contributed by atoms with E-state index in [2.05, 4.69) is 5.32 Å². The van der Waals surface area contributed by atoms with Crippen molar-refractivity contribution in [2.24, 2.45) is 11.7 Å². The van der Waals surface area contributed by atoms with E-state index in [1.807, 2.05) is 31.2 Å². The van der Waals surface area contributed by atoms with E-state index in [0.717, 1.165) is 18.0 Å². The van der Waals surface area contributed by atoms with Crippen molar-refractivity contribution in [2.75, 3.05) is 11.9 Å². The molecule has 0 aliphatic heterocycles. The van der Waals surface area contributed by atoms with Gasteiger partial charge < -0.3 is 15.8 Å². The van der Waals surface area contributed by atoms with Crippen LogP contribution in [-0.4, -0.2) is 18.6 Å². The molecular formula is C15H22N2O2. The van der Waals surface area contributed by atoms with E-state index in [0.29, 0.717) is 18.8 Å². The summed E-state index contributed by atoms with van der Waals surface area (Å²) in [5.74, 6) is 1.44. The van der Waals surface area contributed by atoms with E-state index in [1.165, 1.54) is 12.8 Å². The van der Waals surface area contributed by atoms with Crippen LogP contribution in [0.2, 0.25) is 0 Å². The highest BCUT2D eigenvalue weighted by molar-refractivity contribution is 5.92. The molecule has 0 saturated heterocycles. The van der Waals surface area contributed by atoms with E-state index < -0.39 is 0 Å². The van der Waals surface area contributed by atoms with Crippen LogP contribution >= 0.6 is 0 Å². The lowest BCUT2D eigenvalue weighted by Crippen LogP contribution is -2.19. The van der Waals surface area contributed by atoms with Gasteiger partial charge in [0.25, 0.3) is 0 Å². The molecule has 0 aromatic heterocycles. The van der Waals surface area contributed by atoms with E-state index in [-0.39, 0.29) is 11.9 Å². The standard InChI is InChI=1S/C15H22N2O2/c1-11(16)6-9-15(18)17-13-4-2-3-5-14(13)19-10-12-7-8-12/h2-5,11-12H,6-10,16H2,1H3,(H,17,18). The molecule has 1 amide bonds. The maximum atomic E-state index is 11.8. The Hall–Kier alpha value is -1.55. The smallest absolute Gasteiger partial charge is 0.224 e. The first-order chi connectivity index (χ1) is 9.15. The number of rotatable bonds is 7. The van der Waals surface area contributed by atoms with Gasteiger partial charge in [0.15, 0.2) is 0 Å². The second kappa shape index (κ2) is 6.57. The molecule has 0 heterocycles. The summed E-state index contributed by atoms with van der Waals surface area (Å²) < 4.78 is 5.75. The third-order valence-corrected chi connectivity index (χ3v) is 3.16. The van der Waals surface area contributed by atoms with Crippen molar-refractivity contribution in [3.8, 4) is 5.75 Å². The molecule has 1 aliphatic rings. The maximum absolute atomic E-state index is 11.8. The summed E-state index contributed by atoms with van der Waals surface area (Å²) in [5.41, 5.74) is 6.40. The van der Waals surface area contributed by atoms with Gasteiger partial charge in [-0.2, -0.15) is 0 Å². The maximum Gasteiger partial charge on any atom is 0.224 e. The molecule has 1 unspecified atom stereocenters. The van der Waals surface area contributed by atoms with Crippen LogP contribution in [-0.2, 0) is 4.79 Å².